The van der Waals surface area contributed by atoms with E-state index >= 15 is 0 Å². The molecule has 1 heterocycles. The zero-order valence-electron chi connectivity index (χ0n) is 22.2. The quantitative estimate of drug-likeness (QED) is 0.453. The number of hydrogen-bond donors (Lipinski definition) is 0. The first-order chi connectivity index (χ1) is 16.2. The average Bonchev–Trinajstić information content (AvgIpc) is 3.29. The Labute approximate surface area is 206 Å². The highest BCUT2D eigenvalue weighted by atomic mass is 16.7. The monoisotopic (exact) mass is 466 g/mol. The number of rotatable bonds is 3. The molecule has 34 heavy (non-hydrogen) atoms. The van der Waals surface area contributed by atoms with Gasteiger partial charge in [-0.15, -0.1) is 0 Å². The molecule has 0 atom stereocenters. The molecule has 5 heteroatoms. The minimum absolute atomic E-state index is 0.0926. The van der Waals surface area contributed by atoms with Crippen molar-refractivity contribution in [2.45, 2.75) is 41.5 Å². The summed E-state index contributed by atoms with van der Waals surface area (Å²) in [7, 11) is 3.45. The molecule has 0 aliphatic carbocycles. The Kier molecular flexibility index (Phi) is 13.4. The van der Waals surface area contributed by atoms with Gasteiger partial charge in [-0.1, -0.05) is 74.9 Å². The van der Waals surface area contributed by atoms with Gasteiger partial charge in [0.05, 0.1) is 0 Å². The maximum absolute atomic E-state index is 10.1. The van der Waals surface area contributed by atoms with Crippen LogP contribution >= 0.6 is 0 Å². The van der Waals surface area contributed by atoms with Gasteiger partial charge in [0.25, 0.3) is 0 Å². The SMILES string of the molecule is CC(=O)N(C)C.CCN(CC)CC.Cc1ccc2c(c1)OCO2.Cc1ccc2ccccc2c1. The molecule has 186 valence electrons. The van der Waals surface area contributed by atoms with Crippen LogP contribution in [0.3, 0.4) is 0 Å². The summed E-state index contributed by atoms with van der Waals surface area (Å²) in [5.41, 5.74) is 2.52. The standard InChI is InChI=1S/C11H10.C8H8O2.C6H15N.C4H9NO/c1-9-6-7-10-4-2-3-5-11(10)8-9;1-6-2-3-7-8(4-6)10-5-9-7;1-4-7(5-2)6-3;1-4(6)5(2)3/h2-8H,1H3;2-4H,5H2,1H3;4-6H2,1-3H3;1-3H3. The van der Waals surface area contributed by atoms with Gasteiger partial charge in [0.2, 0.25) is 12.7 Å². The van der Waals surface area contributed by atoms with E-state index in [4.69, 9.17) is 9.47 Å². The van der Waals surface area contributed by atoms with Crippen LogP contribution in [0.2, 0.25) is 0 Å². The molecule has 0 bridgehead atoms. The summed E-state index contributed by atoms with van der Waals surface area (Å²) in [4.78, 5) is 14.0. The molecule has 5 nitrogen and oxygen atoms in total. The lowest BCUT2D eigenvalue weighted by molar-refractivity contribution is -0.126. The Balaban J connectivity index is 0.000000235. The second-order valence-electron chi connectivity index (χ2n) is 8.24. The topological polar surface area (TPSA) is 42.0 Å². The van der Waals surface area contributed by atoms with E-state index in [2.05, 4.69) is 75.1 Å². The van der Waals surface area contributed by atoms with Crippen molar-refractivity contribution in [1.29, 1.82) is 0 Å². The normalized spacial score (nSPS) is 10.9. The van der Waals surface area contributed by atoms with Gasteiger partial charge < -0.3 is 19.3 Å². The van der Waals surface area contributed by atoms with Crippen molar-refractivity contribution in [3.8, 4) is 11.5 Å². The van der Waals surface area contributed by atoms with Gasteiger partial charge in [0, 0.05) is 21.0 Å². The van der Waals surface area contributed by atoms with Gasteiger partial charge in [-0.25, -0.2) is 0 Å². The highest BCUT2D eigenvalue weighted by Gasteiger charge is 2.11. The minimum atomic E-state index is 0.0926. The Bertz CT molecular complexity index is 992. The summed E-state index contributed by atoms with van der Waals surface area (Å²) in [6.45, 7) is 16.2. The molecule has 0 saturated heterocycles. The van der Waals surface area contributed by atoms with Crippen molar-refractivity contribution in [1.82, 2.24) is 9.80 Å². The van der Waals surface area contributed by atoms with Crippen molar-refractivity contribution in [3.63, 3.8) is 0 Å². The van der Waals surface area contributed by atoms with E-state index in [-0.39, 0.29) is 5.91 Å². The first-order valence-electron chi connectivity index (χ1n) is 11.9. The van der Waals surface area contributed by atoms with Gasteiger partial charge >= 0.3 is 0 Å². The maximum atomic E-state index is 10.1. The third-order valence-electron chi connectivity index (χ3n) is 5.40. The van der Waals surface area contributed by atoms with Crippen molar-refractivity contribution < 1.29 is 14.3 Å². The zero-order valence-corrected chi connectivity index (χ0v) is 22.2. The molecule has 0 fully saturated rings. The molecule has 3 aromatic carbocycles. The van der Waals surface area contributed by atoms with Gasteiger partial charge in [0.1, 0.15) is 0 Å². The lowest BCUT2D eigenvalue weighted by Crippen LogP contribution is -2.21. The third-order valence-corrected chi connectivity index (χ3v) is 5.40. The van der Waals surface area contributed by atoms with Crippen LogP contribution in [-0.4, -0.2) is 56.2 Å². The molecule has 0 N–H and O–H groups in total. The molecule has 0 spiro atoms. The second-order valence-corrected chi connectivity index (χ2v) is 8.24. The van der Waals surface area contributed by atoms with E-state index in [1.54, 1.807) is 14.1 Å². The first kappa shape index (κ1) is 29.0. The van der Waals surface area contributed by atoms with Crippen LogP contribution < -0.4 is 9.47 Å². The largest absolute Gasteiger partial charge is 0.454 e. The van der Waals surface area contributed by atoms with Crippen molar-refractivity contribution in [3.05, 3.63) is 71.8 Å². The summed E-state index contributed by atoms with van der Waals surface area (Å²) in [5.74, 6) is 1.81. The average molecular weight is 467 g/mol. The smallest absolute Gasteiger partial charge is 0.231 e. The molecule has 1 aliphatic rings. The molecule has 1 aliphatic heterocycles. The summed E-state index contributed by atoms with van der Waals surface area (Å²) < 4.78 is 10.3. The van der Waals surface area contributed by atoms with Gasteiger partial charge in [-0.2, -0.15) is 0 Å². The molecule has 0 unspecified atom stereocenters. The third kappa shape index (κ3) is 10.7. The summed E-state index contributed by atoms with van der Waals surface area (Å²) in [6.07, 6.45) is 0. The van der Waals surface area contributed by atoms with E-state index in [0.717, 1.165) is 11.5 Å². The summed E-state index contributed by atoms with van der Waals surface area (Å²) in [6, 6.07) is 20.8. The van der Waals surface area contributed by atoms with E-state index in [1.165, 1.54) is 53.4 Å². The van der Waals surface area contributed by atoms with Gasteiger partial charge in [0.15, 0.2) is 11.5 Å². The number of fused-ring (bicyclic) bond motifs is 2. The van der Waals surface area contributed by atoms with Crippen molar-refractivity contribution in [2.24, 2.45) is 0 Å². The van der Waals surface area contributed by atoms with Crippen molar-refractivity contribution >= 4 is 16.7 Å². The molecule has 0 aromatic heterocycles. The van der Waals surface area contributed by atoms with E-state index in [9.17, 15) is 4.79 Å². The van der Waals surface area contributed by atoms with E-state index in [0.29, 0.717) is 6.79 Å². The number of aryl methyl sites for hydroxylation is 2. The molecule has 4 rings (SSSR count). The number of carbonyl (C=O) groups excluding carboxylic acids is 1. The van der Waals surface area contributed by atoms with Crippen LogP contribution in [-0.2, 0) is 4.79 Å². The number of amides is 1. The second kappa shape index (κ2) is 15.7. The fourth-order valence-corrected chi connectivity index (χ4v) is 2.98. The predicted octanol–water partition coefficient (Wildman–Crippen LogP) is 6.31. The van der Waals surface area contributed by atoms with Gasteiger partial charge in [-0.05, 0) is 62.0 Å². The van der Waals surface area contributed by atoms with Crippen LogP contribution in [0.5, 0.6) is 11.5 Å². The Morgan fingerprint density at radius 2 is 1.26 bits per heavy atom. The van der Waals surface area contributed by atoms with Crippen LogP contribution in [0.15, 0.2) is 60.7 Å². The number of benzene rings is 3. The van der Waals surface area contributed by atoms with E-state index in [1.807, 2.05) is 25.1 Å². The highest BCUT2D eigenvalue weighted by Crippen LogP contribution is 2.31. The Morgan fingerprint density at radius 3 is 1.79 bits per heavy atom. The Morgan fingerprint density at radius 1 is 0.765 bits per heavy atom. The van der Waals surface area contributed by atoms with Gasteiger partial charge in [-0.3, -0.25) is 4.79 Å². The molecule has 3 aromatic rings. The fourth-order valence-electron chi connectivity index (χ4n) is 2.98. The predicted molar refractivity (Wildman–Crippen MR) is 144 cm³/mol. The molecule has 0 saturated carbocycles. The fraction of sp³-hybridized carbons (Fsp3) is 0.414. The van der Waals surface area contributed by atoms with E-state index < -0.39 is 0 Å². The molecular formula is C29H42N2O3. The molecule has 0 radical (unpaired) electrons. The molecular weight excluding hydrogens is 424 g/mol. The number of nitrogens with zero attached hydrogens (tertiary/aromatic N) is 2. The van der Waals surface area contributed by atoms with Crippen LogP contribution in [0, 0.1) is 13.8 Å². The van der Waals surface area contributed by atoms with Crippen LogP contribution in [0.1, 0.15) is 38.8 Å². The lowest BCUT2D eigenvalue weighted by Gasteiger charge is -2.13. The number of ether oxygens (including phenoxy) is 2. The summed E-state index contributed by atoms with van der Waals surface area (Å²) >= 11 is 0. The summed E-state index contributed by atoms with van der Waals surface area (Å²) in [5, 5.41) is 2.64. The minimum Gasteiger partial charge on any atom is -0.454 e. The maximum Gasteiger partial charge on any atom is 0.231 e. The number of carbonyl (C=O) groups is 1. The van der Waals surface area contributed by atoms with Crippen LogP contribution in [0.25, 0.3) is 10.8 Å². The zero-order chi connectivity index (χ0) is 25.5. The highest BCUT2D eigenvalue weighted by molar-refractivity contribution is 5.82. The van der Waals surface area contributed by atoms with Crippen LogP contribution in [0.4, 0.5) is 0 Å². The van der Waals surface area contributed by atoms with Crippen molar-refractivity contribution in [2.75, 3.05) is 40.5 Å². The first-order valence-corrected chi connectivity index (χ1v) is 11.9. The lowest BCUT2D eigenvalue weighted by atomic mass is 10.1. The number of hydrogen-bond acceptors (Lipinski definition) is 4. The Hall–Kier alpha value is -3.05. The molecule has 1 amide bonds.